The number of imidazole rings is 1. The Bertz CT molecular complexity index is 945. The molecule has 0 radical (unpaired) electrons. The van der Waals surface area contributed by atoms with Gasteiger partial charge in [-0.3, -0.25) is 0 Å². The number of fused-ring (bicyclic) bond motifs is 1. The van der Waals surface area contributed by atoms with Crippen molar-refractivity contribution in [1.29, 1.82) is 0 Å². The van der Waals surface area contributed by atoms with Crippen LogP contribution in [0.4, 0.5) is 4.39 Å². The molecular formula is C15H13FN2O2S. The molecule has 0 spiro atoms. The number of sulfone groups is 1. The predicted octanol–water partition coefficient (Wildman–Crippen LogP) is 3.08. The number of nitrogens with one attached hydrogen (secondary N) is 1. The molecule has 4 nitrogen and oxygen atoms in total. The van der Waals surface area contributed by atoms with Crippen molar-refractivity contribution >= 4 is 20.9 Å². The summed E-state index contributed by atoms with van der Waals surface area (Å²) in [5.74, 6) is 0.0190. The van der Waals surface area contributed by atoms with E-state index < -0.39 is 9.84 Å². The first kappa shape index (κ1) is 13.8. The van der Waals surface area contributed by atoms with Crippen molar-refractivity contribution in [3.63, 3.8) is 0 Å². The lowest BCUT2D eigenvalue weighted by atomic mass is 10.1. The minimum atomic E-state index is -3.29. The topological polar surface area (TPSA) is 62.8 Å². The van der Waals surface area contributed by atoms with Crippen molar-refractivity contribution in [3.05, 3.63) is 47.8 Å². The zero-order chi connectivity index (χ0) is 15.2. The molecule has 1 aromatic heterocycles. The van der Waals surface area contributed by atoms with E-state index in [2.05, 4.69) is 9.97 Å². The van der Waals surface area contributed by atoms with Crippen LogP contribution in [-0.2, 0) is 9.84 Å². The van der Waals surface area contributed by atoms with E-state index in [1.165, 1.54) is 18.2 Å². The van der Waals surface area contributed by atoms with Gasteiger partial charge in [0.15, 0.2) is 9.84 Å². The van der Waals surface area contributed by atoms with Gasteiger partial charge in [0.1, 0.15) is 11.6 Å². The summed E-state index contributed by atoms with van der Waals surface area (Å²) >= 11 is 0. The number of aryl methyl sites for hydroxylation is 1. The summed E-state index contributed by atoms with van der Waals surface area (Å²) < 4.78 is 37.1. The van der Waals surface area contributed by atoms with E-state index in [-0.39, 0.29) is 10.7 Å². The van der Waals surface area contributed by atoms with Gasteiger partial charge in [-0.2, -0.15) is 0 Å². The lowest BCUT2D eigenvalue weighted by Crippen LogP contribution is -1.96. The summed E-state index contributed by atoms with van der Waals surface area (Å²) in [6.45, 7) is 1.81. The van der Waals surface area contributed by atoms with Crippen molar-refractivity contribution < 1.29 is 12.8 Å². The molecule has 0 aliphatic heterocycles. The van der Waals surface area contributed by atoms with Gasteiger partial charge in [-0.1, -0.05) is 6.07 Å². The summed E-state index contributed by atoms with van der Waals surface area (Å²) in [4.78, 5) is 7.48. The molecular weight excluding hydrogens is 291 g/mol. The SMILES string of the molecule is Cc1ccc(-c2nc3ccc(S(C)(=O)=O)cc3[nH]2)c(F)c1. The lowest BCUT2D eigenvalue weighted by Gasteiger charge is -2.00. The number of nitrogens with zero attached hydrogens (tertiary/aromatic N) is 1. The van der Waals surface area contributed by atoms with E-state index in [0.717, 1.165) is 11.8 Å². The first-order valence-corrected chi connectivity index (χ1v) is 8.20. The molecule has 0 saturated heterocycles. The van der Waals surface area contributed by atoms with E-state index in [9.17, 15) is 12.8 Å². The smallest absolute Gasteiger partial charge is 0.175 e. The molecule has 3 rings (SSSR count). The first-order chi connectivity index (χ1) is 9.84. The van der Waals surface area contributed by atoms with Crippen LogP contribution in [-0.4, -0.2) is 24.6 Å². The summed E-state index contributed by atoms with van der Waals surface area (Å²) in [6.07, 6.45) is 1.14. The summed E-state index contributed by atoms with van der Waals surface area (Å²) in [5, 5.41) is 0. The quantitative estimate of drug-likeness (QED) is 0.791. The Morgan fingerprint density at radius 1 is 1.14 bits per heavy atom. The number of aromatic nitrogens is 2. The molecule has 0 unspecified atom stereocenters. The van der Waals surface area contributed by atoms with Gasteiger partial charge in [-0.05, 0) is 42.8 Å². The zero-order valence-electron chi connectivity index (χ0n) is 11.5. The third-order valence-electron chi connectivity index (χ3n) is 3.26. The van der Waals surface area contributed by atoms with Gasteiger partial charge in [0.2, 0.25) is 0 Å². The first-order valence-electron chi connectivity index (χ1n) is 6.31. The highest BCUT2D eigenvalue weighted by atomic mass is 32.2. The van der Waals surface area contributed by atoms with Crippen molar-refractivity contribution in [2.24, 2.45) is 0 Å². The molecule has 21 heavy (non-hydrogen) atoms. The minimum absolute atomic E-state index is 0.203. The molecule has 0 saturated carbocycles. The van der Waals surface area contributed by atoms with Gasteiger partial charge in [-0.15, -0.1) is 0 Å². The van der Waals surface area contributed by atoms with E-state index in [1.807, 2.05) is 6.92 Å². The standard InChI is InChI=1S/C15H13FN2O2S/c1-9-3-5-11(12(16)7-9)15-17-13-6-4-10(21(2,19)20)8-14(13)18-15/h3-8H,1-2H3,(H,17,18). The minimum Gasteiger partial charge on any atom is -0.338 e. The fraction of sp³-hybridized carbons (Fsp3) is 0.133. The lowest BCUT2D eigenvalue weighted by molar-refractivity contribution is 0.602. The van der Waals surface area contributed by atoms with Crippen LogP contribution in [0.15, 0.2) is 41.3 Å². The second-order valence-electron chi connectivity index (χ2n) is 5.02. The van der Waals surface area contributed by atoms with Crippen LogP contribution in [0.1, 0.15) is 5.56 Å². The maximum absolute atomic E-state index is 14.0. The van der Waals surface area contributed by atoms with Crippen molar-refractivity contribution in [2.45, 2.75) is 11.8 Å². The van der Waals surface area contributed by atoms with Gasteiger partial charge in [-0.25, -0.2) is 17.8 Å². The van der Waals surface area contributed by atoms with E-state index in [4.69, 9.17) is 0 Å². The van der Waals surface area contributed by atoms with Crippen molar-refractivity contribution in [1.82, 2.24) is 9.97 Å². The van der Waals surface area contributed by atoms with Gasteiger partial charge in [0, 0.05) is 6.26 Å². The normalized spacial score (nSPS) is 12.0. The number of hydrogen-bond donors (Lipinski definition) is 1. The number of aromatic amines is 1. The van der Waals surface area contributed by atoms with E-state index >= 15 is 0 Å². The molecule has 6 heteroatoms. The fourth-order valence-electron chi connectivity index (χ4n) is 2.16. The Labute approximate surface area is 121 Å². The molecule has 2 aromatic carbocycles. The van der Waals surface area contributed by atoms with Crippen LogP contribution >= 0.6 is 0 Å². The molecule has 0 aliphatic carbocycles. The van der Waals surface area contributed by atoms with Crippen LogP contribution in [0.5, 0.6) is 0 Å². The highest BCUT2D eigenvalue weighted by Crippen LogP contribution is 2.25. The highest BCUT2D eigenvalue weighted by Gasteiger charge is 2.13. The molecule has 0 fully saturated rings. The average Bonchev–Trinajstić information content (AvgIpc) is 2.79. The van der Waals surface area contributed by atoms with Crippen LogP contribution in [0, 0.1) is 12.7 Å². The van der Waals surface area contributed by atoms with E-state index in [0.29, 0.717) is 22.4 Å². The van der Waals surface area contributed by atoms with Gasteiger partial charge in [0.05, 0.1) is 21.5 Å². The van der Waals surface area contributed by atoms with Gasteiger partial charge in [0.25, 0.3) is 0 Å². The Hall–Kier alpha value is -2.21. The van der Waals surface area contributed by atoms with Gasteiger partial charge < -0.3 is 4.98 Å². The zero-order valence-corrected chi connectivity index (χ0v) is 12.3. The second kappa shape index (κ2) is 4.66. The third kappa shape index (κ3) is 2.54. The van der Waals surface area contributed by atoms with Crippen LogP contribution in [0.3, 0.4) is 0 Å². The monoisotopic (exact) mass is 304 g/mol. The highest BCUT2D eigenvalue weighted by molar-refractivity contribution is 7.90. The number of H-pyrrole nitrogens is 1. The summed E-state index contributed by atoms with van der Waals surface area (Å²) in [6, 6.07) is 9.50. The van der Waals surface area contributed by atoms with Crippen LogP contribution in [0.2, 0.25) is 0 Å². The number of halogens is 1. The van der Waals surface area contributed by atoms with E-state index in [1.54, 1.807) is 18.2 Å². The summed E-state index contributed by atoms with van der Waals surface area (Å²) in [7, 11) is -3.29. The Balaban J connectivity index is 2.17. The molecule has 0 amide bonds. The molecule has 0 aliphatic rings. The van der Waals surface area contributed by atoms with Gasteiger partial charge >= 0.3 is 0 Å². The Morgan fingerprint density at radius 2 is 1.90 bits per heavy atom. The number of benzene rings is 2. The molecule has 1 heterocycles. The van der Waals surface area contributed by atoms with Crippen LogP contribution < -0.4 is 0 Å². The number of rotatable bonds is 2. The average molecular weight is 304 g/mol. The predicted molar refractivity (Wildman–Crippen MR) is 79.3 cm³/mol. The largest absolute Gasteiger partial charge is 0.338 e. The van der Waals surface area contributed by atoms with Crippen LogP contribution in [0.25, 0.3) is 22.4 Å². The maximum Gasteiger partial charge on any atom is 0.175 e. The van der Waals surface area contributed by atoms with Crippen molar-refractivity contribution in [2.75, 3.05) is 6.26 Å². The van der Waals surface area contributed by atoms with Crippen molar-refractivity contribution in [3.8, 4) is 11.4 Å². The summed E-state index contributed by atoms with van der Waals surface area (Å²) in [5.41, 5.74) is 2.34. The molecule has 3 aromatic rings. The Morgan fingerprint density at radius 3 is 2.57 bits per heavy atom. The fourth-order valence-corrected chi connectivity index (χ4v) is 2.81. The molecule has 108 valence electrons. The second-order valence-corrected chi connectivity index (χ2v) is 7.04. The molecule has 0 bridgehead atoms. The third-order valence-corrected chi connectivity index (χ3v) is 4.37. The maximum atomic E-state index is 14.0. The Kier molecular flexibility index (Phi) is 3.06. The number of hydrogen-bond acceptors (Lipinski definition) is 3. The molecule has 0 atom stereocenters. The molecule has 1 N–H and O–H groups in total.